The first kappa shape index (κ1) is 21.4. The van der Waals surface area contributed by atoms with Crippen LogP contribution >= 0.6 is 0 Å². The van der Waals surface area contributed by atoms with E-state index in [2.05, 4.69) is 30.9 Å². The average molecular weight is 436 g/mol. The standard InChI is InChI=1S/C21H24N8O3/c1-23-8-17(18(22)21(32)29-9-14(30)10-29)28-20(31)19-16(26-13-6-24-11-25-7-13)5-4-15(27-19)12-2-3-12/h4-8,11-12,14,22-23,26,30H,2-3,9-10H2,1H3,(H,28,31)/b17-8+,22-18?. The monoisotopic (exact) mass is 436 g/mol. The van der Waals surface area contributed by atoms with Gasteiger partial charge in [0, 0.05) is 37.9 Å². The predicted octanol–water partition coefficient (Wildman–Crippen LogP) is 0.506. The molecule has 2 aliphatic rings. The smallest absolute Gasteiger partial charge is 0.276 e. The Kier molecular flexibility index (Phi) is 6.08. The minimum atomic E-state index is -0.581. The minimum Gasteiger partial charge on any atom is -0.392 e. The van der Waals surface area contributed by atoms with E-state index < -0.39 is 17.9 Å². The van der Waals surface area contributed by atoms with Crippen molar-refractivity contribution in [3.8, 4) is 0 Å². The van der Waals surface area contributed by atoms with Crippen molar-refractivity contribution in [2.24, 2.45) is 0 Å². The van der Waals surface area contributed by atoms with E-state index in [-0.39, 0.29) is 30.2 Å². The number of likely N-dealkylation sites (tertiary alicyclic amines) is 1. The molecule has 4 rings (SSSR count). The lowest BCUT2D eigenvalue weighted by Gasteiger charge is -2.36. The Balaban J connectivity index is 1.57. The number of hydrogen-bond donors (Lipinski definition) is 5. The Morgan fingerprint density at radius 2 is 1.94 bits per heavy atom. The first-order valence-corrected chi connectivity index (χ1v) is 10.2. The summed E-state index contributed by atoms with van der Waals surface area (Å²) in [6.07, 6.45) is 7.40. The zero-order valence-electron chi connectivity index (χ0n) is 17.5. The maximum atomic E-state index is 13.2. The van der Waals surface area contributed by atoms with Crippen LogP contribution in [-0.2, 0) is 4.79 Å². The SMILES string of the molecule is CN/C=C(/NC(=O)c1nc(C2CC2)ccc1Nc1cncnc1)C(=N)C(=O)N1CC(O)C1. The highest BCUT2D eigenvalue weighted by atomic mass is 16.3. The number of rotatable bonds is 8. The van der Waals surface area contributed by atoms with E-state index in [9.17, 15) is 14.7 Å². The number of nitrogens with one attached hydrogen (secondary N) is 4. The van der Waals surface area contributed by atoms with Crippen molar-refractivity contribution in [1.29, 1.82) is 5.41 Å². The zero-order chi connectivity index (χ0) is 22.7. The van der Waals surface area contributed by atoms with Crippen LogP contribution in [0.15, 0.2) is 42.8 Å². The molecule has 1 saturated heterocycles. The molecule has 1 saturated carbocycles. The van der Waals surface area contributed by atoms with E-state index >= 15 is 0 Å². The lowest BCUT2D eigenvalue weighted by Crippen LogP contribution is -2.56. The van der Waals surface area contributed by atoms with Gasteiger partial charge >= 0.3 is 0 Å². The second-order valence-electron chi connectivity index (χ2n) is 7.70. The van der Waals surface area contributed by atoms with Crippen molar-refractivity contribution >= 4 is 28.9 Å². The molecule has 2 aromatic heterocycles. The molecule has 11 nitrogen and oxygen atoms in total. The maximum Gasteiger partial charge on any atom is 0.276 e. The molecule has 2 aromatic rings. The van der Waals surface area contributed by atoms with Crippen molar-refractivity contribution < 1.29 is 14.7 Å². The molecular formula is C21H24N8O3. The van der Waals surface area contributed by atoms with E-state index in [0.29, 0.717) is 17.3 Å². The molecule has 1 aliphatic carbocycles. The van der Waals surface area contributed by atoms with Crippen LogP contribution in [-0.4, -0.2) is 68.7 Å². The van der Waals surface area contributed by atoms with E-state index in [1.165, 1.54) is 17.4 Å². The Morgan fingerprint density at radius 3 is 2.56 bits per heavy atom. The van der Waals surface area contributed by atoms with Gasteiger partial charge in [-0.25, -0.2) is 15.0 Å². The largest absolute Gasteiger partial charge is 0.392 e. The van der Waals surface area contributed by atoms with Crippen molar-refractivity contribution in [2.75, 3.05) is 25.5 Å². The van der Waals surface area contributed by atoms with Gasteiger partial charge in [0.05, 0.1) is 35.6 Å². The molecule has 0 unspecified atom stereocenters. The van der Waals surface area contributed by atoms with E-state index in [0.717, 1.165) is 18.5 Å². The first-order valence-electron chi connectivity index (χ1n) is 10.2. The summed E-state index contributed by atoms with van der Waals surface area (Å²) >= 11 is 0. The lowest BCUT2D eigenvalue weighted by molar-refractivity contribution is -0.133. The molecule has 2 fully saturated rings. The Labute approximate surface area is 184 Å². The summed E-state index contributed by atoms with van der Waals surface area (Å²) in [4.78, 5) is 39.5. The number of hydrogen-bond acceptors (Lipinski definition) is 9. The highest BCUT2D eigenvalue weighted by molar-refractivity contribution is 6.44. The summed E-state index contributed by atoms with van der Waals surface area (Å²) in [5, 5.41) is 26.2. The number of β-amino-alcohol motifs (C(OH)–C–C–N with tert-alkyl or cyclic N) is 1. The summed E-state index contributed by atoms with van der Waals surface area (Å²) in [5.41, 5.74) is 1.63. The highest BCUT2D eigenvalue weighted by Gasteiger charge is 2.33. The van der Waals surface area contributed by atoms with Gasteiger partial charge in [-0.15, -0.1) is 0 Å². The van der Waals surface area contributed by atoms with Gasteiger partial charge in [0.25, 0.3) is 11.8 Å². The topological polar surface area (TPSA) is 156 Å². The van der Waals surface area contributed by atoms with E-state index in [1.807, 2.05) is 6.07 Å². The van der Waals surface area contributed by atoms with Gasteiger partial charge in [0.1, 0.15) is 12.0 Å². The summed E-state index contributed by atoms with van der Waals surface area (Å²) < 4.78 is 0. The fourth-order valence-corrected chi connectivity index (χ4v) is 3.26. The van der Waals surface area contributed by atoms with Gasteiger partial charge < -0.3 is 26.0 Å². The number of aliphatic hydroxyl groups excluding tert-OH is 1. The van der Waals surface area contributed by atoms with Crippen molar-refractivity contribution in [2.45, 2.75) is 24.9 Å². The van der Waals surface area contributed by atoms with Crippen LogP contribution in [0.5, 0.6) is 0 Å². The van der Waals surface area contributed by atoms with Gasteiger partial charge in [-0.1, -0.05) is 0 Å². The normalized spacial score (nSPS) is 16.2. The number of nitrogens with zero attached hydrogens (tertiary/aromatic N) is 4. The van der Waals surface area contributed by atoms with Crippen molar-refractivity contribution in [1.82, 2.24) is 30.5 Å². The molecule has 3 heterocycles. The van der Waals surface area contributed by atoms with Gasteiger partial charge in [0.15, 0.2) is 5.69 Å². The molecule has 2 amide bonds. The maximum absolute atomic E-state index is 13.2. The molecule has 0 radical (unpaired) electrons. The molecular weight excluding hydrogens is 412 g/mol. The van der Waals surface area contributed by atoms with Crippen molar-refractivity contribution in [3.63, 3.8) is 0 Å². The van der Waals surface area contributed by atoms with Gasteiger partial charge in [-0.3, -0.25) is 15.0 Å². The third kappa shape index (κ3) is 4.72. The van der Waals surface area contributed by atoms with Crippen LogP contribution in [0.1, 0.15) is 34.9 Å². The molecule has 1 aliphatic heterocycles. The predicted molar refractivity (Wildman–Crippen MR) is 116 cm³/mol. The summed E-state index contributed by atoms with van der Waals surface area (Å²) in [6.45, 7) is 0.334. The number of aromatic nitrogens is 3. The quantitative estimate of drug-likeness (QED) is 0.375. The molecule has 0 aromatic carbocycles. The number of pyridine rings is 1. The molecule has 5 N–H and O–H groups in total. The highest BCUT2D eigenvalue weighted by Crippen LogP contribution is 2.39. The lowest BCUT2D eigenvalue weighted by atomic mass is 10.1. The van der Waals surface area contributed by atoms with Gasteiger partial charge in [0.2, 0.25) is 0 Å². The van der Waals surface area contributed by atoms with Crippen LogP contribution in [0.4, 0.5) is 11.4 Å². The van der Waals surface area contributed by atoms with Gasteiger partial charge in [-0.2, -0.15) is 0 Å². The molecule has 11 heteroatoms. The molecule has 0 spiro atoms. The van der Waals surface area contributed by atoms with Crippen LogP contribution in [0.2, 0.25) is 0 Å². The Hall–Kier alpha value is -3.86. The number of amides is 2. The second kappa shape index (κ2) is 9.10. The number of carbonyl (C=O) groups is 2. The van der Waals surface area contributed by atoms with Gasteiger partial charge in [-0.05, 0) is 25.0 Å². The fourth-order valence-electron chi connectivity index (χ4n) is 3.26. The Morgan fingerprint density at radius 1 is 1.22 bits per heavy atom. The first-order chi connectivity index (χ1) is 15.5. The van der Waals surface area contributed by atoms with E-state index in [1.54, 1.807) is 25.5 Å². The fraction of sp³-hybridized carbons (Fsp3) is 0.333. The van der Waals surface area contributed by atoms with Crippen molar-refractivity contribution in [3.05, 3.63) is 54.1 Å². The number of aliphatic hydroxyl groups is 1. The molecule has 32 heavy (non-hydrogen) atoms. The molecule has 0 atom stereocenters. The third-order valence-corrected chi connectivity index (χ3v) is 5.14. The third-order valence-electron chi connectivity index (χ3n) is 5.14. The van der Waals surface area contributed by atoms with Crippen LogP contribution in [0.3, 0.4) is 0 Å². The second-order valence-corrected chi connectivity index (χ2v) is 7.70. The summed E-state index contributed by atoms with van der Waals surface area (Å²) in [5.74, 6) is -0.799. The number of carbonyl (C=O) groups excluding carboxylic acids is 2. The minimum absolute atomic E-state index is 0.0107. The zero-order valence-corrected chi connectivity index (χ0v) is 17.5. The van der Waals surface area contributed by atoms with Crippen LogP contribution < -0.4 is 16.0 Å². The van der Waals surface area contributed by atoms with Crippen LogP contribution in [0, 0.1) is 5.41 Å². The summed E-state index contributed by atoms with van der Waals surface area (Å²) in [7, 11) is 1.60. The molecule has 166 valence electrons. The average Bonchev–Trinajstić information content (AvgIpc) is 3.62. The summed E-state index contributed by atoms with van der Waals surface area (Å²) in [6, 6.07) is 3.66. The van der Waals surface area contributed by atoms with Crippen LogP contribution in [0.25, 0.3) is 0 Å². The molecule has 0 bridgehead atoms. The van der Waals surface area contributed by atoms with E-state index in [4.69, 9.17) is 5.41 Å². The Bertz CT molecular complexity index is 1060. The number of anilines is 2.